The summed E-state index contributed by atoms with van der Waals surface area (Å²) in [5.41, 5.74) is 0.520. The molecule has 0 aliphatic heterocycles. The monoisotopic (exact) mass is 243 g/mol. The van der Waals surface area contributed by atoms with Crippen LogP contribution in [0.15, 0.2) is 12.1 Å². The van der Waals surface area contributed by atoms with Gasteiger partial charge in [-0.2, -0.15) is 0 Å². The molecule has 0 heterocycles. The fourth-order valence-electron chi connectivity index (χ4n) is 1.19. The Kier molecular flexibility index (Phi) is 4.43. The predicted molar refractivity (Wildman–Crippen MR) is 63.5 cm³/mol. The van der Waals surface area contributed by atoms with E-state index in [1.54, 1.807) is 19.1 Å². The number of nitrogens with one attached hydrogen (secondary N) is 1. The molecule has 5 heteroatoms. The highest BCUT2D eigenvalue weighted by Gasteiger charge is 2.11. The van der Waals surface area contributed by atoms with Crippen LogP contribution in [0, 0.1) is 0 Å². The molecular formula is C11H14ClNO3. The zero-order valence-corrected chi connectivity index (χ0v) is 10.2. The molecule has 0 aliphatic rings. The van der Waals surface area contributed by atoms with Crippen LogP contribution in [0.4, 0.5) is 5.69 Å². The summed E-state index contributed by atoms with van der Waals surface area (Å²) in [6.07, 6.45) is 0.394. The highest BCUT2D eigenvalue weighted by molar-refractivity contribution is 6.34. The normalized spacial score (nSPS) is 9.75. The lowest BCUT2D eigenvalue weighted by Crippen LogP contribution is -2.10. The molecule has 4 nitrogen and oxygen atoms in total. The Labute approximate surface area is 99.5 Å². The maximum absolute atomic E-state index is 11.2. The van der Waals surface area contributed by atoms with Crippen LogP contribution in [0.5, 0.6) is 11.5 Å². The number of hydrogen-bond donors (Lipinski definition) is 1. The molecule has 0 unspecified atom stereocenters. The second-order valence-electron chi connectivity index (χ2n) is 3.09. The zero-order valence-electron chi connectivity index (χ0n) is 9.46. The van der Waals surface area contributed by atoms with E-state index < -0.39 is 0 Å². The molecule has 1 rings (SSSR count). The Bertz CT molecular complexity index is 393. The van der Waals surface area contributed by atoms with Crippen LogP contribution in [0.2, 0.25) is 5.02 Å². The molecule has 0 atom stereocenters. The van der Waals surface area contributed by atoms with Gasteiger partial charge >= 0.3 is 0 Å². The highest BCUT2D eigenvalue weighted by atomic mass is 35.5. The first kappa shape index (κ1) is 12.6. The standard InChI is InChI=1S/C11H14ClNO3/c1-4-11(14)13-8-6-10(16-3)9(15-2)5-7(8)12/h5-6H,4H2,1-3H3,(H,13,14). The van der Waals surface area contributed by atoms with E-state index in [9.17, 15) is 4.79 Å². The average Bonchev–Trinajstić information content (AvgIpc) is 2.30. The van der Waals surface area contributed by atoms with E-state index in [1.807, 2.05) is 0 Å². The number of amides is 1. The van der Waals surface area contributed by atoms with Crippen LogP contribution in [-0.4, -0.2) is 20.1 Å². The van der Waals surface area contributed by atoms with E-state index in [4.69, 9.17) is 21.1 Å². The van der Waals surface area contributed by atoms with Crippen molar-refractivity contribution in [2.45, 2.75) is 13.3 Å². The zero-order chi connectivity index (χ0) is 12.1. The molecule has 1 aromatic rings. The van der Waals surface area contributed by atoms with Gasteiger partial charge in [-0.15, -0.1) is 0 Å². The molecule has 1 amide bonds. The van der Waals surface area contributed by atoms with Crippen molar-refractivity contribution in [2.75, 3.05) is 19.5 Å². The van der Waals surface area contributed by atoms with E-state index in [-0.39, 0.29) is 5.91 Å². The van der Waals surface area contributed by atoms with E-state index in [2.05, 4.69) is 5.32 Å². The molecule has 0 saturated carbocycles. The number of ether oxygens (including phenoxy) is 2. The number of carbonyl (C=O) groups is 1. The van der Waals surface area contributed by atoms with Gasteiger partial charge in [-0.05, 0) is 0 Å². The van der Waals surface area contributed by atoms with E-state index >= 15 is 0 Å². The van der Waals surface area contributed by atoms with E-state index in [1.165, 1.54) is 14.2 Å². The van der Waals surface area contributed by atoms with E-state index in [0.717, 1.165) is 0 Å². The second kappa shape index (κ2) is 5.61. The van der Waals surface area contributed by atoms with Crippen molar-refractivity contribution in [3.63, 3.8) is 0 Å². The van der Waals surface area contributed by atoms with Crippen molar-refractivity contribution in [3.8, 4) is 11.5 Å². The van der Waals surface area contributed by atoms with Gasteiger partial charge in [0.15, 0.2) is 11.5 Å². The van der Waals surface area contributed by atoms with Crippen molar-refractivity contribution in [1.82, 2.24) is 0 Å². The summed E-state index contributed by atoms with van der Waals surface area (Å²) in [6, 6.07) is 3.24. The lowest BCUT2D eigenvalue weighted by Gasteiger charge is -2.12. The molecule has 16 heavy (non-hydrogen) atoms. The molecule has 0 spiro atoms. The number of benzene rings is 1. The Morgan fingerprint density at radius 3 is 2.38 bits per heavy atom. The third-order valence-corrected chi connectivity index (χ3v) is 2.38. The summed E-state index contributed by atoms with van der Waals surface area (Å²) in [4.78, 5) is 11.2. The highest BCUT2D eigenvalue weighted by Crippen LogP contribution is 2.35. The molecule has 1 N–H and O–H groups in total. The van der Waals surface area contributed by atoms with Gasteiger partial charge in [0.1, 0.15) is 0 Å². The minimum absolute atomic E-state index is 0.103. The largest absolute Gasteiger partial charge is 0.493 e. The fraction of sp³-hybridized carbons (Fsp3) is 0.364. The Morgan fingerprint density at radius 2 is 1.88 bits per heavy atom. The molecular weight excluding hydrogens is 230 g/mol. The maximum atomic E-state index is 11.2. The van der Waals surface area contributed by atoms with Crippen LogP contribution in [-0.2, 0) is 4.79 Å². The van der Waals surface area contributed by atoms with Gasteiger partial charge in [0.05, 0.1) is 24.9 Å². The van der Waals surface area contributed by atoms with Crippen molar-refractivity contribution in [1.29, 1.82) is 0 Å². The van der Waals surface area contributed by atoms with Gasteiger partial charge in [0.2, 0.25) is 5.91 Å². The first-order valence-corrected chi connectivity index (χ1v) is 5.21. The summed E-state index contributed by atoms with van der Waals surface area (Å²) in [7, 11) is 3.05. The summed E-state index contributed by atoms with van der Waals surface area (Å²) in [6.45, 7) is 1.77. The molecule has 0 radical (unpaired) electrons. The van der Waals surface area contributed by atoms with Gasteiger partial charge in [0, 0.05) is 18.6 Å². The lowest BCUT2D eigenvalue weighted by atomic mass is 10.2. The SMILES string of the molecule is CCC(=O)Nc1cc(OC)c(OC)cc1Cl. The molecule has 0 saturated heterocycles. The first-order valence-electron chi connectivity index (χ1n) is 4.83. The fourth-order valence-corrected chi connectivity index (χ4v) is 1.39. The smallest absolute Gasteiger partial charge is 0.224 e. The van der Waals surface area contributed by atoms with Crippen molar-refractivity contribution < 1.29 is 14.3 Å². The Hall–Kier alpha value is -1.42. The molecule has 88 valence electrons. The van der Waals surface area contributed by atoms with Crippen LogP contribution >= 0.6 is 11.6 Å². The van der Waals surface area contributed by atoms with Gasteiger partial charge < -0.3 is 14.8 Å². The number of hydrogen-bond acceptors (Lipinski definition) is 3. The lowest BCUT2D eigenvalue weighted by molar-refractivity contribution is -0.115. The minimum atomic E-state index is -0.103. The Morgan fingerprint density at radius 1 is 1.31 bits per heavy atom. The first-order chi connectivity index (χ1) is 7.62. The molecule has 1 aromatic carbocycles. The topological polar surface area (TPSA) is 47.6 Å². The number of methoxy groups -OCH3 is 2. The van der Waals surface area contributed by atoms with Crippen LogP contribution in [0.3, 0.4) is 0 Å². The van der Waals surface area contributed by atoms with Gasteiger partial charge in [-0.1, -0.05) is 18.5 Å². The molecule has 0 fully saturated rings. The third kappa shape index (κ3) is 2.79. The Balaban J connectivity index is 3.06. The van der Waals surface area contributed by atoms with Crippen LogP contribution < -0.4 is 14.8 Å². The number of halogens is 1. The second-order valence-corrected chi connectivity index (χ2v) is 3.50. The van der Waals surface area contributed by atoms with Gasteiger partial charge in [-0.25, -0.2) is 0 Å². The van der Waals surface area contributed by atoms with Gasteiger partial charge in [0.25, 0.3) is 0 Å². The van der Waals surface area contributed by atoms with E-state index in [0.29, 0.717) is 28.6 Å². The quantitative estimate of drug-likeness (QED) is 0.885. The van der Waals surface area contributed by atoms with Crippen molar-refractivity contribution in [2.24, 2.45) is 0 Å². The predicted octanol–water partition coefficient (Wildman–Crippen LogP) is 2.71. The minimum Gasteiger partial charge on any atom is -0.493 e. The van der Waals surface area contributed by atoms with Crippen molar-refractivity contribution >= 4 is 23.2 Å². The molecule has 0 bridgehead atoms. The third-order valence-electron chi connectivity index (χ3n) is 2.07. The van der Waals surface area contributed by atoms with Crippen LogP contribution in [0.25, 0.3) is 0 Å². The maximum Gasteiger partial charge on any atom is 0.224 e. The summed E-state index contributed by atoms with van der Waals surface area (Å²) in [5.74, 6) is 0.953. The summed E-state index contributed by atoms with van der Waals surface area (Å²) >= 11 is 5.99. The summed E-state index contributed by atoms with van der Waals surface area (Å²) < 4.78 is 10.2. The average molecular weight is 244 g/mol. The van der Waals surface area contributed by atoms with Crippen molar-refractivity contribution in [3.05, 3.63) is 17.2 Å². The molecule has 0 aliphatic carbocycles. The van der Waals surface area contributed by atoms with Crippen LogP contribution in [0.1, 0.15) is 13.3 Å². The van der Waals surface area contributed by atoms with Gasteiger partial charge in [-0.3, -0.25) is 4.79 Å². The number of anilines is 1. The molecule has 0 aromatic heterocycles. The summed E-state index contributed by atoms with van der Waals surface area (Å²) in [5, 5.41) is 3.10. The number of rotatable bonds is 4. The number of carbonyl (C=O) groups excluding carboxylic acids is 1.